The van der Waals surface area contributed by atoms with Gasteiger partial charge in [-0.15, -0.1) is 0 Å². The van der Waals surface area contributed by atoms with Gasteiger partial charge in [-0.1, -0.05) is 18.2 Å². The quantitative estimate of drug-likeness (QED) is 0.757. The summed E-state index contributed by atoms with van der Waals surface area (Å²) < 4.78 is 10.2. The molecule has 0 saturated heterocycles. The Kier molecular flexibility index (Phi) is 4.86. The summed E-state index contributed by atoms with van der Waals surface area (Å²) in [5.74, 6) is -0.549. The minimum atomic E-state index is -0.873. The Morgan fingerprint density at radius 3 is 2.27 bits per heavy atom. The van der Waals surface area contributed by atoms with Gasteiger partial charge in [-0.3, -0.25) is 9.69 Å². The molecule has 1 aliphatic rings. The number of aryl methyl sites for hydroxylation is 2. The van der Waals surface area contributed by atoms with Crippen molar-refractivity contribution >= 4 is 17.6 Å². The van der Waals surface area contributed by atoms with Gasteiger partial charge in [0.05, 0.1) is 12.3 Å². The van der Waals surface area contributed by atoms with Crippen molar-refractivity contribution in [1.82, 2.24) is 0 Å². The molecular formula is C17H23NO4. The zero-order valence-electron chi connectivity index (χ0n) is 13.6. The highest BCUT2D eigenvalue weighted by molar-refractivity contribution is 6.05. The molecule has 1 fully saturated rings. The first-order chi connectivity index (χ1) is 10.5. The predicted molar refractivity (Wildman–Crippen MR) is 83.9 cm³/mol. The third-order valence-electron chi connectivity index (χ3n) is 3.99. The number of amides is 1. The van der Waals surface area contributed by atoms with E-state index in [-0.39, 0.29) is 18.5 Å². The van der Waals surface area contributed by atoms with Crippen molar-refractivity contribution in [3.8, 4) is 0 Å². The number of rotatable bonds is 6. The number of nitrogens with zero attached hydrogens (tertiary/aromatic N) is 1. The normalized spacial score (nSPS) is 15.3. The number of benzene rings is 1. The summed E-state index contributed by atoms with van der Waals surface area (Å²) >= 11 is 0. The van der Waals surface area contributed by atoms with Gasteiger partial charge in [-0.2, -0.15) is 0 Å². The number of carbonyl (C=O) groups excluding carboxylic acids is 2. The van der Waals surface area contributed by atoms with Crippen molar-refractivity contribution in [2.75, 3.05) is 25.2 Å². The Balaban J connectivity index is 2.49. The van der Waals surface area contributed by atoms with Crippen LogP contribution in [0, 0.1) is 13.8 Å². The molecule has 1 saturated carbocycles. The van der Waals surface area contributed by atoms with E-state index in [4.69, 9.17) is 9.47 Å². The summed E-state index contributed by atoms with van der Waals surface area (Å²) in [6.45, 7) is 5.90. The number of anilines is 1. The lowest BCUT2D eigenvalue weighted by Gasteiger charge is -2.32. The van der Waals surface area contributed by atoms with Gasteiger partial charge < -0.3 is 9.47 Å². The molecule has 0 aromatic heterocycles. The Bertz CT molecular complexity index is 558. The summed E-state index contributed by atoms with van der Waals surface area (Å²) in [7, 11) is 1.48. The summed E-state index contributed by atoms with van der Waals surface area (Å²) in [5.41, 5.74) is 1.83. The van der Waals surface area contributed by atoms with E-state index in [9.17, 15) is 9.59 Å². The van der Waals surface area contributed by atoms with Crippen LogP contribution in [0.1, 0.15) is 30.9 Å². The number of esters is 1. The minimum absolute atomic E-state index is 0.0606. The van der Waals surface area contributed by atoms with Crippen LogP contribution in [0.3, 0.4) is 0 Å². The van der Waals surface area contributed by atoms with Gasteiger partial charge in [0.25, 0.3) is 5.91 Å². The molecule has 1 amide bonds. The van der Waals surface area contributed by atoms with Gasteiger partial charge in [0.15, 0.2) is 0 Å². The average Bonchev–Trinajstić information content (AvgIpc) is 3.25. The van der Waals surface area contributed by atoms with Crippen LogP contribution in [-0.4, -0.2) is 37.7 Å². The van der Waals surface area contributed by atoms with Crippen LogP contribution in [0.4, 0.5) is 5.69 Å². The van der Waals surface area contributed by atoms with Crippen LogP contribution in [-0.2, 0) is 19.1 Å². The van der Waals surface area contributed by atoms with Crippen LogP contribution in [0.15, 0.2) is 18.2 Å². The zero-order valence-corrected chi connectivity index (χ0v) is 13.6. The van der Waals surface area contributed by atoms with Gasteiger partial charge in [-0.05, 0) is 44.7 Å². The molecule has 1 aliphatic carbocycles. The number of hydrogen-bond donors (Lipinski definition) is 0. The predicted octanol–water partition coefficient (Wildman–Crippen LogP) is 2.38. The smallest absolute Gasteiger partial charge is 0.332 e. The fourth-order valence-electron chi connectivity index (χ4n) is 2.83. The number of para-hydroxylation sites is 1. The third-order valence-corrected chi connectivity index (χ3v) is 3.99. The largest absolute Gasteiger partial charge is 0.464 e. The Morgan fingerprint density at radius 2 is 1.82 bits per heavy atom. The molecule has 120 valence electrons. The molecule has 1 aromatic rings. The fourth-order valence-corrected chi connectivity index (χ4v) is 2.83. The summed E-state index contributed by atoms with van der Waals surface area (Å²) in [6.07, 6.45) is 1.24. The molecule has 22 heavy (non-hydrogen) atoms. The molecule has 5 nitrogen and oxygen atoms in total. The zero-order chi connectivity index (χ0) is 16.3. The standard InChI is InChI=1S/C17H23NO4/c1-5-22-16(20)17(9-10-17)18(14(19)11-21-4)15-12(2)7-6-8-13(15)3/h6-8H,5,9-11H2,1-4H3. The van der Waals surface area contributed by atoms with Crippen molar-refractivity contribution in [2.24, 2.45) is 0 Å². The Morgan fingerprint density at radius 1 is 1.23 bits per heavy atom. The minimum Gasteiger partial charge on any atom is -0.464 e. The SMILES string of the molecule is CCOC(=O)C1(N(C(=O)COC)c2c(C)cccc2C)CC1. The lowest BCUT2D eigenvalue weighted by molar-refractivity contribution is -0.147. The molecule has 0 bridgehead atoms. The average molecular weight is 305 g/mol. The van der Waals surface area contributed by atoms with Crippen molar-refractivity contribution in [3.05, 3.63) is 29.3 Å². The monoisotopic (exact) mass is 305 g/mol. The number of ether oxygens (including phenoxy) is 2. The molecule has 1 aromatic carbocycles. The Labute approximate surface area is 131 Å². The molecule has 0 N–H and O–H groups in total. The van der Waals surface area contributed by atoms with Crippen LogP contribution < -0.4 is 4.90 Å². The van der Waals surface area contributed by atoms with Gasteiger partial charge in [0, 0.05) is 7.11 Å². The van der Waals surface area contributed by atoms with E-state index < -0.39 is 5.54 Å². The van der Waals surface area contributed by atoms with Crippen molar-refractivity contribution < 1.29 is 19.1 Å². The highest BCUT2D eigenvalue weighted by atomic mass is 16.5. The summed E-state index contributed by atoms with van der Waals surface area (Å²) in [4.78, 5) is 26.6. The highest BCUT2D eigenvalue weighted by Gasteiger charge is 2.58. The molecule has 0 unspecified atom stereocenters. The molecular weight excluding hydrogens is 282 g/mol. The summed E-state index contributed by atoms with van der Waals surface area (Å²) in [6, 6.07) is 5.82. The molecule has 2 rings (SSSR count). The second-order valence-corrected chi connectivity index (χ2v) is 5.65. The lowest BCUT2D eigenvalue weighted by Crippen LogP contribution is -2.50. The molecule has 0 heterocycles. The van der Waals surface area contributed by atoms with Gasteiger partial charge in [0.2, 0.25) is 0 Å². The highest BCUT2D eigenvalue weighted by Crippen LogP contribution is 2.47. The van der Waals surface area contributed by atoms with E-state index in [0.717, 1.165) is 16.8 Å². The molecule has 0 atom stereocenters. The van der Waals surface area contributed by atoms with E-state index in [1.165, 1.54) is 7.11 Å². The Hall–Kier alpha value is -1.88. The van der Waals surface area contributed by atoms with Crippen LogP contribution in [0.25, 0.3) is 0 Å². The molecule has 0 radical (unpaired) electrons. The van der Waals surface area contributed by atoms with Crippen molar-refractivity contribution in [2.45, 2.75) is 39.2 Å². The molecule has 0 aliphatic heterocycles. The van der Waals surface area contributed by atoms with E-state index in [1.807, 2.05) is 32.0 Å². The van der Waals surface area contributed by atoms with Crippen LogP contribution in [0.2, 0.25) is 0 Å². The van der Waals surface area contributed by atoms with E-state index >= 15 is 0 Å². The van der Waals surface area contributed by atoms with Crippen LogP contribution in [0.5, 0.6) is 0 Å². The fraction of sp³-hybridized carbons (Fsp3) is 0.529. The van der Waals surface area contributed by atoms with Crippen molar-refractivity contribution in [1.29, 1.82) is 0 Å². The lowest BCUT2D eigenvalue weighted by atomic mass is 10.0. The maximum atomic E-state index is 12.6. The van der Waals surface area contributed by atoms with Crippen LogP contribution >= 0.6 is 0 Å². The number of hydrogen-bond acceptors (Lipinski definition) is 4. The second-order valence-electron chi connectivity index (χ2n) is 5.65. The first-order valence-corrected chi connectivity index (χ1v) is 7.53. The second kappa shape index (κ2) is 6.48. The number of methoxy groups -OCH3 is 1. The van der Waals surface area contributed by atoms with E-state index in [0.29, 0.717) is 19.4 Å². The molecule has 5 heteroatoms. The summed E-state index contributed by atoms with van der Waals surface area (Å²) in [5, 5.41) is 0. The third kappa shape index (κ3) is 2.86. The maximum absolute atomic E-state index is 12.6. The first kappa shape index (κ1) is 16.5. The maximum Gasteiger partial charge on any atom is 0.332 e. The first-order valence-electron chi connectivity index (χ1n) is 7.53. The van der Waals surface area contributed by atoms with E-state index in [1.54, 1.807) is 11.8 Å². The topological polar surface area (TPSA) is 55.8 Å². The molecule has 0 spiro atoms. The van der Waals surface area contributed by atoms with Gasteiger partial charge >= 0.3 is 5.97 Å². The van der Waals surface area contributed by atoms with Crippen molar-refractivity contribution in [3.63, 3.8) is 0 Å². The number of carbonyl (C=O) groups is 2. The van der Waals surface area contributed by atoms with E-state index in [2.05, 4.69) is 0 Å². The van der Waals surface area contributed by atoms with Gasteiger partial charge in [-0.25, -0.2) is 4.79 Å². The van der Waals surface area contributed by atoms with Gasteiger partial charge in [0.1, 0.15) is 12.1 Å².